The maximum atomic E-state index is 9.37. The van der Waals surface area contributed by atoms with Gasteiger partial charge in [-0.3, -0.25) is 0 Å². The van der Waals surface area contributed by atoms with Crippen LogP contribution in [0.3, 0.4) is 0 Å². The van der Waals surface area contributed by atoms with Gasteiger partial charge in [0.25, 0.3) is 0 Å². The van der Waals surface area contributed by atoms with E-state index in [2.05, 4.69) is 19.2 Å². The van der Waals surface area contributed by atoms with Gasteiger partial charge in [-0.2, -0.15) is 0 Å². The van der Waals surface area contributed by atoms with E-state index in [0.29, 0.717) is 0 Å². The predicted octanol–water partition coefficient (Wildman–Crippen LogP) is 7.35. The lowest BCUT2D eigenvalue weighted by Crippen LogP contribution is -1.84. The van der Waals surface area contributed by atoms with Crippen LogP contribution in [0.1, 0.15) is 96.8 Å². The highest BCUT2D eigenvalue weighted by molar-refractivity contribution is 8.94. The average molecular weight is 371 g/mol. The van der Waals surface area contributed by atoms with Crippen molar-refractivity contribution in [3.05, 3.63) is 0 Å². The number of hydrogen-bond donors (Lipinski definition) is 2. The van der Waals surface area contributed by atoms with Crippen LogP contribution in [0.15, 0.2) is 0 Å². The molecule has 5 heteroatoms. The lowest BCUT2D eigenvalue weighted by atomic mass is 10.0. The Kier molecular flexibility index (Phi) is 17.2. The van der Waals surface area contributed by atoms with E-state index >= 15 is 0 Å². The number of rotatable bonds is 16. The lowest BCUT2D eigenvalue weighted by molar-refractivity contribution is 0.538. The molecule has 128 valence electrons. The third-order valence-corrected chi connectivity index (χ3v) is 8.11. The molecule has 1 N–H and O–H groups in total. The Morgan fingerprint density at radius 1 is 0.762 bits per heavy atom. The second kappa shape index (κ2) is 16.2. The Hall–Kier alpha value is 1.31. The molecule has 0 aliphatic carbocycles. The second-order valence-corrected chi connectivity index (χ2v) is 15.6. The van der Waals surface area contributed by atoms with Crippen molar-refractivity contribution in [3.63, 3.8) is 0 Å². The summed E-state index contributed by atoms with van der Waals surface area (Å²) in [7, 11) is 0. The van der Waals surface area contributed by atoms with E-state index in [9.17, 15) is 4.89 Å². The quantitative estimate of drug-likeness (QED) is 0.168. The first-order valence-electron chi connectivity index (χ1n) is 8.76. The Morgan fingerprint density at radius 2 is 1.10 bits per heavy atom. The lowest BCUT2D eigenvalue weighted by Gasteiger charge is -2.06. The van der Waals surface area contributed by atoms with Crippen LogP contribution < -0.4 is 0 Å². The first kappa shape index (κ1) is 22.3. The van der Waals surface area contributed by atoms with E-state index in [1.54, 1.807) is 0 Å². The van der Waals surface area contributed by atoms with Crippen LogP contribution in [-0.4, -0.2) is 10.6 Å². The van der Waals surface area contributed by atoms with Crippen LogP contribution >= 0.6 is 28.3 Å². The van der Waals surface area contributed by atoms with Crippen molar-refractivity contribution < 1.29 is 4.89 Å². The van der Waals surface area contributed by atoms with E-state index in [1.165, 1.54) is 101 Å². The van der Waals surface area contributed by atoms with Crippen LogP contribution in [0, 0.1) is 0 Å². The van der Waals surface area contributed by atoms with E-state index in [1.807, 2.05) is 0 Å². The van der Waals surface area contributed by atoms with Crippen molar-refractivity contribution >= 4 is 40.1 Å². The highest BCUT2D eigenvalue weighted by atomic mass is 33.2. The fourth-order valence-electron chi connectivity index (χ4n) is 2.48. The summed E-state index contributed by atoms with van der Waals surface area (Å²) in [6.07, 6.45) is 19.4. The maximum absolute atomic E-state index is 9.37. The fraction of sp³-hybridized carbons (Fsp3) is 1.00. The summed E-state index contributed by atoms with van der Waals surface area (Å²) < 4.78 is -2.31. The molecule has 1 unspecified atom stereocenters. The van der Waals surface area contributed by atoms with Gasteiger partial charge in [-0.25, -0.2) is 0 Å². The van der Waals surface area contributed by atoms with Crippen LogP contribution in [0.25, 0.3) is 0 Å². The zero-order valence-electron chi connectivity index (χ0n) is 13.8. The molecule has 0 spiro atoms. The molecule has 0 aliphatic rings. The minimum atomic E-state index is -2.31. The Bertz CT molecular complexity index is 256. The average Bonchev–Trinajstić information content (AvgIpc) is 2.42. The maximum Gasteiger partial charge on any atom is 0.169 e. The summed E-state index contributed by atoms with van der Waals surface area (Å²) >= 11 is 10.4. The molecule has 0 heterocycles. The van der Waals surface area contributed by atoms with Gasteiger partial charge >= 0.3 is 0 Å². The number of hydrogen-bond acceptors (Lipinski definition) is 2. The Labute approximate surface area is 147 Å². The van der Waals surface area contributed by atoms with Crippen LogP contribution in [0.5, 0.6) is 0 Å². The Balaban J connectivity index is 3.01. The summed E-state index contributed by atoms with van der Waals surface area (Å²) in [6.45, 7) is 2.28. The van der Waals surface area contributed by atoms with Gasteiger partial charge in [0.15, 0.2) is 4.67 Å². The van der Waals surface area contributed by atoms with E-state index in [0.717, 1.165) is 5.75 Å². The topological polar surface area (TPSA) is 20.2 Å². The Morgan fingerprint density at radius 3 is 1.43 bits per heavy atom. The number of unbranched alkanes of at least 4 members (excludes halogenated alkanes) is 13. The first-order chi connectivity index (χ1) is 10.1. The summed E-state index contributed by atoms with van der Waals surface area (Å²) in [5.41, 5.74) is 0. The standard InChI is InChI=1S/C16H35OPS3/c1-2-3-4-5-6-7-8-9-10-11-12-13-14-15-16-21-18(17,19)20/h2-16H2,1H3,(H2,17,19,20). The predicted molar refractivity (Wildman–Crippen MR) is 108 cm³/mol. The molecule has 0 radical (unpaired) electrons. The fourth-order valence-corrected chi connectivity index (χ4v) is 5.56. The molecule has 0 aliphatic heterocycles. The first-order valence-corrected chi connectivity index (χ1v) is 14.3. The molecular formula is C16H35OPS3. The van der Waals surface area contributed by atoms with Crippen molar-refractivity contribution in [2.24, 2.45) is 0 Å². The molecule has 0 amide bonds. The molecule has 0 aromatic heterocycles. The molecule has 0 saturated carbocycles. The van der Waals surface area contributed by atoms with Gasteiger partial charge in [0.1, 0.15) is 0 Å². The molecule has 21 heavy (non-hydrogen) atoms. The van der Waals surface area contributed by atoms with Crippen LogP contribution in [0.2, 0.25) is 0 Å². The zero-order valence-corrected chi connectivity index (χ0v) is 17.2. The minimum Gasteiger partial charge on any atom is -0.350 e. The summed E-state index contributed by atoms with van der Waals surface area (Å²) in [6, 6.07) is 0. The third-order valence-electron chi connectivity index (χ3n) is 3.76. The van der Waals surface area contributed by atoms with Gasteiger partial charge in [0.2, 0.25) is 0 Å². The normalized spacial score (nSPS) is 14.2. The van der Waals surface area contributed by atoms with E-state index in [-0.39, 0.29) is 0 Å². The van der Waals surface area contributed by atoms with E-state index in [4.69, 9.17) is 11.8 Å². The van der Waals surface area contributed by atoms with Gasteiger partial charge in [-0.05, 0) is 18.2 Å². The van der Waals surface area contributed by atoms with Crippen molar-refractivity contribution in [3.8, 4) is 0 Å². The van der Waals surface area contributed by atoms with Crippen LogP contribution in [-0.2, 0) is 11.8 Å². The van der Waals surface area contributed by atoms with Gasteiger partial charge in [-0.15, -0.1) is 12.2 Å². The minimum absolute atomic E-state index is 0.968. The second-order valence-electron chi connectivity index (χ2n) is 5.92. The largest absolute Gasteiger partial charge is 0.350 e. The van der Waals surface area contributed by atoms with Crippen molar-refractivity contribution in [1.82, 2.24) is 0 Å². The van der Waals surface area contributed by atoms with Gasteiger partial charge in [0.05, 0.1) is 0 Å². The molecule has 0 aromatic rings. The third kappa shape index (κ3) is 21.3. The molecule has 1 nitrogen and oxygen atoms in total. The molecule has 0 rings (SSSR count). The van der Waals surface area contributed by atoms with E-state index < -0.39 is 4.67 Å². The van der Waals surface area contributed by atoms with Crippen molar-refractivity contribution in [1.29, 1.82) is 0 Å². The van der Waals surface area contributed by atoms with Gasteiger partial charge in [0, 0.05) is 5.75 Å². The van der Waals surface area contributed by atoms with Gasteiger partial charge < -0.3 is 4.89 Å². The summed E-state index contributed by atoms with van der Waals surface area (Å²) in [5, 5.41) is 0. The molecule has 0 saturated heterocycles. The van der Waals surface area contributed by atoms with Crippen LogP contribution in [0.4, 0.5) is 0 Å². The number of thiol groups is 1. The zero-order chi connectivity index (χ0) is 15.8. The van der Waals surface area contributed by atoms with Crippen molar-refractivity contribution in [2.75, 3.05) is 5.75 Å². The monoisotopic (exact) mass is 370 g/mol. The summed E-state index contributed by atoms with van der Waals surface area (Å²) in [4.78, 5) is 9.37. The van der Waals surface area contributed by atoms with Gasteiger partial charge in [-0.1, -0.05) is 102 Å². The molecule has 1 atom stereocenters. The highest BCUT2D eigenvalue weighted by Gasteiger charge is 2.04. The highest BCUT2D eigenvalue weighted by Crippen LogP contribution is 2.59. The molecule has 0 aromatic carbocycles. The van der Waals surface area contributed by atoms with Crippen molar-refractivity contribution in [2.45, 2.75) is 96.8 Å². The molecule has 0 fully saturated rings. The summed E-state index contributed by atoms with van der Waals surface area (Å²) in [5.74, 6) is 0.968. The molecule has 0 bridgehead atoms. The smallest absolute Gasteiger partial charge is 0.169 e. The SMILES string of the molecule is CCCCCCCCCCCCCCCCSP(O)(=S)S. The molecular weight excluding hydrogens is 335 g/mol.